The summed E-state index contributed by atoms with van der Waals surface area (Å²) in [5.41, 5.74) is 2.49. The van der Waals surface area contributed by atoms with E-state index in [0.717, 1.165) is 44.0 Å². The lowest BCUT2D eigenvalue weighted by atomic mass is 10.1. The SMILES string of the molecule is C/C=C\c1cc(C(=O)Oc2c(F)c(F)c(F)c(F)c2F)ccc1N1CCN(CCOCc2ccccc2)CC1. The molecule has 1 fully saturated rings. The van der Waals surface area contributed by atoms with Crippen LogP contribution in [0, 0.1) is 29.1 Å². The topological polar surface area (TPSA) is 42.0 Å². The largest absolute Gasteiger partial charge is 0.416 e. The Morgan fingerprint density at radius 2 is 1.51 bits per heavy atom. The van der Waals surface area contributed by atoms with Crippen LogP contribution in [0.1, 0.15) is 28.4 Å². The van der Waals surface area contributed by atoms with E-state index in [0.29, 0.717) is 18.8 Å². The molecule has 39 heavy (non-hydrogen) atoms. The van der Waals surface area contributed by atoms with Gasteiger partial charge in [-0.2, -0.15) is 8.78 Å². The third-order valence-electron chi connectivity index (χ3n) is 6.35. The van der Waals surface area contributed by atoms with E-state index in [1.807, 2.05) is 30.3 Å². The van der Waals surface area contributed by atoms with Gasteiger partial charge in [0.15, 0.2) is 0 Å². The van der Waals surface area contributed by atoms with Gasteiger partial charge in [0, 0.05) is 38.4 Å². The second-order valence-corrected chi connectivity index (χ2v) is 8.93. The number of allylic oxidation sites excluding steroid dienone is 1. The van der Waals surface area contributed by atoms with E-state index in [4.69, 9.17) is 4.74 Å². The van der Waals surface area contributed by atoms with Gasteiger partial charge in [-0.05, 0) is 36.2 Å². The molecule has 1 aliphatic heterocycles. The number of esters is 1. The molecule has 0 bridgehead atoms. The van der Waals surface area contributed by atoms with Crippen LogP contribution in [0.4, 0.5) is 27.6 Å². The Morgan fingerprint density at radius 3 is 2.15 bits per heavy atom. The van der Waals surface area contributed by atoms with Crippen LogP contribution in [0.25, 0.3) is 6.08 Å². The molecule has 0 atom stereocenters. The molecule has 0 unspecified atom stereocenters. The Hall–Kier alpha value is -3.76. The maximum absolute atomic E-state index is 14.0. The summed E-state index contributed by atoms with van der Waals surface area (Å²) in [6.45, 7) is 6.80. The van der Waals surface area contributed by atoms with Gasteiger partial charge in [-0.15, -0.1) is 0 Å². The molecule has 3 aromatic rings. The third kappa shape index (κ3) is 6.63. The Morgan fingerprint density at radius 1 is 0.872 bits per heavy atom. The zero-order valence-corrected chi connectivity index (χ0v) is 21.2. The van der Waals surface area contributed by atoms with E-state index in [1.54, 1.807) is 25.1 Å². The highest BCUT2D eigenvalue weighted by Gasteiger charge is 2.29. The van der Waals surface area contributed by atoms with Crippen LogP contribution in [-0.2, 0) is 11.3 Å². The minimum absolute atomic E-state index is 0.106. The van der Waals surface area contributed by atoms with Crippen LogP contribution in [0.5, 0.6) is 5.75 Å². The number of halogens is 5. The Bertz CT molecular complexity index is 1310. The Labute approximate surface area is 223 Å². The van der Waals surface area contributed by atoms with Gasteiger partial charge in [0.2, 0.25) is 34.8 Å². The fourth-order valence-electron chi connectivity index (χ4n) is 4.28. The predicted octanol–water partition coefficient (Wildman–Crippen LogP) is 5.97. The second-order valence-electron chi connectivity index (χ2n) is 8.93. The van der Waals surface area contributed by atoms with Crippen molar-refractivity contribution in [1.82, 2.24) is 4.90 Å². The number of rotatable bonds is 9. The average molecular weight is 547 g/mol. The quantitative estimate of drug-likeness (QED) is 0.0826. The number of nitrogens with zero attached hydrogens (tertiary/aromatic N) is 2. The zero-order valence-electron chi connectivity index (χ0n) is 21.2. The van der Waals surface area contributed by atoms with Crippen LogP contribution in [-0.4, -0.2) is 50.2 Å². The summed E-state index contributed by atoms with van der Waals surface area (Å²) in [6.07, 6.45) is 3.52. The molecule has 0 N–H and O–H groups in total. The highest BCUT2D eigenvalue weighted by Crippen LogP contribution is 2.31. The average Bonchev–Trinajstić information content (AvgIpc) is 2.96. The van der Waals surface area contributed by atoms with Crippen LogP contribution in [0.2, 0.25) is 0 Å². The lowest BCUT2D eigenvalue weighted by molar-refractivity contribution is 0.0716. The number of benzene rings is 3. The molecule has 10 heteroatoms. The van der Waals surface area contributed by atoms with Gasteiger partial charge in [-0.25, -0.2) is 18.0 Å². The highest BCUT2D eigenvalue weighted by atomic mass is 19.2. The fourth-order valence-corrected chi connectivity index (χ4v) is 4.28. The van der Waals surface area contributed by atoms with Crippen LogP contribution >= 0.6 is 0 Å². The first-order valence-electron chi connectivity index (χ1n) is 12.4. The summed E-state index contributed by atoms with van der Waals surface area (Å²) in [5.74, 6) is -14.0. The van der Waals surface area contributed by atoms with E-state index in [1.165, 1.54) is 12.1 Å². The van der Waals surface area contributed by atoms with E-state index >= 15 is 0 Å². The smallest absolute Gasteiger partial charge is 0.343 e. The maximum Gasteiger partial charge on any atom is 0.343 e. The normalized spacial score (nSPS) is 14.3. The van der Waals surface area contributed by atoms with Gasteiger partial charge in [-0.3, -0.25) is 4.90 Å². The summed E-state index contributed by atoms with van der Waals surface area (Å²) < 4.78 is 78.6. The van der Waals surface area contributed by atoms with Crippen LogP contribution in [0.15, 0.2) is 54.6 Å². The molecule has 5 nitrogen and oxygen atoms in total. The van der Waals surface area contributed by atoms with Crippen LogP contribution in [0.3, 0.4) is 0 Å². The molecule has 1 heterocycles. The number of carbonyl (C=O) groups is 1. The maximum atomic E-state index is 14.0. The number of hydrogen-bond acceptors (Lipinski definition) is 5. The van der Waals surface area contributed by atoms with Gasteiger partial charge in [0.1, 0.15) is 0 Å². The van der Waals surface area contributed by atoms with Crippen molar-refractivity contribution in [3.8, 4) is 5.75 Å². The standard InChI is InChI=1S/C29H27F5N2O3/c1-2-6-20-17-21(29(37)39-28-26(33)24(31)23(30)25(32)27(28)34)9-10-22(20)36-13-11-35(12-14-36)15-16-38-18-19-7-4-3-5-8-19/h2-10,17H,11-16,18H2,1H3/b6-2-. The van der Waals surface area contributed by atoms with Gasteiger partial charge in [0.05, 0.1) is 18.8 Å². The van der Waals surface area contributed by atoms with Crippen molar-refractivity contribution in [2.24, 2.45) is 0 Å². The summed E-state index contributed by atoms with van der Waals surface area (Å²) >= 11 is 0. The van der Waals surface area contributed by atoms with Crippen molar-refractivity contribution >= 4 is 17.7 Å². The van der Waals surface area contributed by atoms with E-state index < -0.39 is 40.8 Å². The number of carbonyl (C=O) groups excluding carboxylic acids is 1. The summed E-state index contributed by atoms with van der Waals surface area (Å²) in [6, 6.07) is 14.5. The number of ether oxygens (including phenoxy) is 2. The zero-order chi connectivity index (χ0) is 27.9. The predicted molar refractivity (Wildman–Crippen MR) is 137 cm³/mol. The Balaban J connectivity index is 1.38. The third-order valence-corrected chi connectivity index (χ3v) is 6.35. The monoisotopic (exact) mass is 546 g/mol. The number of anilines is 1. The molecule has 0 aromatic heterocycles. The van der Waals surface area contributed by atoms with E-state index in [-0.39, 0.29) is 5.56 Å². The molecule has 206 valence electrons. The molecule has 0 saturated carbocycles. The Kier molecular flexibility index (Phi) is 9.32. The molecule has 0 radical (unpaired) electrons. The minimum atomic E-state index is -2.33. The van der Waals surface area contributed by atoms with Gasteiger partial charge < -0.3 is 14.4 Å². The highest BCUT2D eigenvalue weighted by molar-refractivity contribution is 5.93. The molecule has 0 amide bonds. The molecule has 3 aromatic carbocycles. The summed E-state index contributed by atoms with van der Waals surface area (Å²) in [5, 5.41) is 0. The molecule has 0 spiro atoms. The fraction of sp³-hybridized carbons (Fsp3) is 0.276. The van der Waals surface area contributed by atoms with E-state index in [2.05, 4.69) is 14.5 Å². The van der Waals surface area contributed by atoms with Gasteiger partial charge >= 0.3 is 5.97 Å². The van der Waals surface area contributed by atoms with Gasteiger partial charge in [0.25, 0.3) is 0 Å². The van der Waals surface area contributed by atoms with Crippen LogP contribution < -0.4 is 9.64 Å². The number of piperazine rings is 1. The lowest BCUT2D eigenvalue weighted by Crippen LogP contribution is -2.47. The van der Waals surface area contributed by atoms with Crippen molar-refractivity contribution in [2.75, 3.05) is 44.2 Å². The van der Waals surface area contributed by atoms with Gasteiger partial charge in [-0.1, -0.05) is 42.5 Å². The molecule has 0 aliphatic carbocycles. The molecular weight excluding hydrogens is 519 g/mol. The molecular formula is C29H27F5N2O3. The summed E-state index contributed by atoms with van der Waals surface area (Å²) in [7, 11) is 0. The lowest BCUT2D eigenvalue weighted by Gasteiger charge is -2.36. The molecule has 1 saturated heterocycles. The number of hydrogen-bond donors (Lipinski definition) is 0. The first-order chi connectivity index (χ1) is 18.8. The van der Waals surface area contributed by atoms with Crippen molar-refractivity contribution in [3.05, 3.63) is 100 Å². The van der Waals surface area contributed by atoms with E-state index in [9.17, 15) is 26.7 Å². The second kappa shape index (κ2) is 12.9. The minimum Gasteiger partial charge on any atom is -0.416 e. The summed E-state index contributed by atoms with van der Waals surface area (Å²) in [4.78, 5) is 17.0. The molecule has 4 rings (SSSR count). The van der Waals surface area contributed by atoms with Crippen molar-refractivity contribution in [3.63, 3.8) is 0 Å². The van der Waals surface area contributed by atoms with Crippen molar-refractivity contribution in [1.29, 1.82) is 0 Å². The van der Waals surface area contributed by atoms with Crippen molar-refractivity contribution in [2.45, 2.75) is 13.5 Å². The van der Waals surface area contributed by atoms with Crippen molar-refractivity contribution < 1.29 is 36.2 Å². The first-order valence-corrected chi connectivity index (χ1v) is 12.4. The molecule has 1 aliphatic rings. The first kappa shape index (κ1) is 28.3.